The predicted molar refractivity (Wildman–Crippen MR) is 80.1 cm³/mol. The second kappa shape index (κ2) is 6.76. The highest BCUT2D eigenvalue weighted by atomic mass is 35.5. The number of halogens is 2. The van der Waals surface area contributed by atoms with E-state index < -0.39 is 5.82 Å². The van der Waals surface area contributed by atoms with Crippen LogP contribution >= 0.6 is 11.6 Å². The van der Waals surface area contributed by atoms with Gasteiger partial charge in [-0.05, 0) is 29.8 Å². The van der Waals surface area contributed by atoms with Gasteiger partial charge in [0.25, 0.3) is 0 Å². The number of hydrogen-bond acceptors (Lipinski definition) is 4. The molecule has 0 aromatic heterocycles. The summed E-state index contributed by atoms with van der Waals surface area (Å²) in [7, 11) is 3.14. The van der Waals surface area contributed by atoms with Crippen LogP contribution < -0.4 is 20.7 Å². The lowest BCUT2D eigenvalue weighted by molar-refractivity contribution is 0.387. The second-order valence-corrected chi connectivity index (χ2v) is 4.79. The van der Waals surface area contributed by atoms with Crippen molar-refractivity contribution in [2.24, 2.45) is 5.84 Å². The Balaban J connectivity index is 2.47. The van der Waals surface area contributed by atoms with Crippen LogP contribution in [0, 0.1) is 5.82 Å². The van der Waals surface area contributed by atoms with Gasteiger partial charge in [0.2, 0.25) is 0 Å². The van der Waals surface area contributed by atoms with Crippen molar-refractivity contribution in [3.05, 3.63) is 58.4 Å². The number of rotatable bonds is 5. The van der Waals surface area contributed by atoms with Crippen molar-refractivity contribution < 1.29 is 13.9 Å². The van der Waals surface area contributed by atoms with Gasteiger partial charge < -0.3 is 9.47 Å². The molecule has 0 aliphatic carbocycles. The van der Waals surface area contributed by atoms with Gasteiger partial charge in [-0.25, -0.2) is 9.82 Å². The van der Waals surface area contributed by atoms with Crippen LogP contribution in [0.2, 0.25) is 5.02 Å². The molecule has 0 heterocycles. The first-order valence-electron chi connectivity index (χ1n) is 6.23. The Labute approximate surface area is 127 Å². The van der Waals surface area contributed by atoms with Crippen LogP contribution in [0.5, 0.6) is 11.5 Å². The van der Waals surface area contributed by atoms with Crippen LogP contribution in [0.3, 0.4) is 0 Å². The fraction of sp³-hybridized carbons (Fsp3) is 0.200. The van der Waals surface area contributed by atoms with E-state index in [0.29, 0.717) is 11.5 Å². The van der Waals surface area contributed by atoms with E-state index in [1.54, 1.807) is 32.4 Å². The number of benzene rings is 2. The third kappa shape index (κ3) is 3.26. The molecule has 2 rings (SSSR count). The first-order valence-corrected chi connectivity index (χ1v) is 6.61. The van der Waals surface area contributed by atoms with Gasteiger partial charge in [0.15, 0.2) is 0 Å². The number of nitrogens with one attached hydrogen (secondary N) is 1. The minimum absolute atomic E-state index is 0.0419. The van der Waals surface area contributed by atoms with E-state index in [1.165, 1.54) is 12.1 Å². The molecule has 112 valence electrons. The summed E-state index contributed by atoms with van der Waals surface area (Å²) in [6, 6.07) is 9.46. The molecule has 0 saturated carbocycles. The molecular weight excluding hydrogens is 295 g/mol. The minimum Gasteiger partial charge on any atom is -0.497 e. The van der Waals surface area contributed by atoms with Gasteiger partial charge >= 0.3 is 0 Å². The topological polar surface area (TPSA) is 56.5 Å². The molecule has 0 aliphatic rings. The minimum atomic E-state index is -0.474. The normalized spacial score (nSPS) is 12.0. The molecule has 0 amide bonds. The zero-order valence-corrected chi connectivity index (χ0v) is 12.4. The molecule has 0 spiro atoms. The zero-order chi connectivity index (χ0) is 15.4. The van der Waals surface area contributed by atoms with E-state index >= 15 is 0 Å². The van der Waals surface area contributed by atoms with Crippen LogP contribution in [0.4, 0.5) is 4.39 Å². The average molecular weight is 311 g/mol. The second-order valence-electron chi connectivity index (χ2n) is 4.38. The van der Waals surface area contributed by atoms with Crippen LogP contribution in [0.25, 0.3) is 0 Å². The van der Waals surface area contributed by atoms with E-state index in [0.717, 1.165) is 11.1 Å². The molecule has 4 nitrogen and oxygen atoms in total. The van der Waals surface area contributed by atoms with Crippen LogP contribution in [-0.2, 0) is 0 Å². The summed E-state index contributed by atoms with van der Waals surface area (Å²) < 4.78 is 23.8. The first-order chi connectivity index (χ1) is 10.1. The van der Waals surface area contributed by atoms with Gasteiger partial charge in [0.1, 0.15) is 17.3 Å². The predicted octanol–water partition coefficient (Wildman–Crippen LogP) is 3.05. The molecule has 0 fully saturated rings. The van der Waals surface area contributed by atoms with Crippen LogP contribution in [-0.4, -0.2) is 14.2 Å². The maximum Gasteiger partial charge on any atom is 0.141 e. The van der Waals surface area contributed by atoms with Gasteiger partial charge in [0, 0.05) is 11.6 Å². The van der Waals surface area contributed by atoms with Gasteiger partial charge in [-0.15, -0.1) is 0 Å². The summed E-state index contributed by atoms with van der Waals surface area (Å²) in [6.07, 6.45) is 0. The van der Waals surface area contributed by atoms with Crippen molar-refractivity contribution in [3.63, 3.8) is 0 Å². The van der Waals surface area contributed by atoms with Gasteiger partial charge in [0.05, 0.1) is 25.3 Å². The SMILES string of the molecule is COc1ccc(C(NN)c2ccc(F)c(Cl)c2)c(OC)c1. The largest absolute Gasteiger partial charge is 0.497 e. The average Bonchev–Trinajstić information content (AvgIpc) is 2.51. The molecule has 0 bridgehead atoms. The lowest BCUT2D eigenvalue weighted by Crippen LogP contribution is -2.29. The number of nitrogens with two attached hydrogens (primary N) is 1. The summed E-state index contributed by atoms with van der Waals surface area (Å²) in [5.41, 5.74) is 4.22. The molecule has 2 aromatic rings. The molecule has 1 unspecified atom stereocenters. The molecule has 0 radical (unpaired) electrons. The fourth-order valence-electron chi connectivity index (χ4n) is 2.11. The molecule has 0 saturated heterocycles. The smallest absolute Gasteiger partial charge is 0.141 e. The summed E-state index contributed by atoms with van der Waals surface area (Å²) in [6.45, 7) is 0. The first kappa shape index (κ1) is 15.6. The van der Waals surface area contributed by atoms with E-state index in [1.807, 2.05) is 6.07 Å². The molecular formula is C15H16ClFN2O2. The summed E-state index contributed by atoms with van der Waals surface area (Å²) in [5, 5.41) is 0.0419. The molecule has 0 aliphatic heterocycles. The third-order valence-corrected chi connectivity index (χ3v) is 3.48. The lowest BCUT2D eigenvalue weighted by atomic mass is 9.98. The van der Waals surface area contributed by atoms with Crippen molar-refractivity contribution in [3.8, 4) is 11.5 Å². The molecule has 2 aromatic carbocycles. The van der Waals surface area contributed by atoms with E-state index in [2.05, 4.69) is 5.43 Å². The Bertz CT molecular complexity index is 637. The molecule has 21 heavy (non-hydrogen) atoms. The molecule has 1 atom stereocenters. The lowest BCUT2D eigenvalue weighted by Gasteiger charge is -2.20. The monoisotopic (exact) mass is 310 g/mol. The Morgan fingerprint density at radius 3 is 2.48 bits per heavy atom. The highest BCUT2D eigenvalue weighted by Crippen LogP contribution is 2.33. The van der Waals surface area contributed by atoms with E-state index in [-0.39, 0.29) is 11.1 Å². The number of ether oxygens (including phenoxy) is 2. The van der Waals surface area contributed by atoms with Crippen molar-refractivity contribution in [2.45, 2.75) is 6.04 Å². The van der Waals surface area contributed by atoms with Crippen LogP contribution in [0.1, 0.15) is 17.2 Å². The Hall–Kier alpha value is -1.82. The van der Waals surface area contributed by atoms with Crippen molar-refractivity contribution in [2.75, 3.05) is 14.2 Å². The van der Waals surface area contributed by atoms with Crippen molar-refractivity contribution in [1.29, 1.82) is 0 Å². The van der Waals surface area contributed by atoms with E-state index in [9.17, 15) is 4.39 Å². The summed E-state index contributed by atoms with van der Waals surface area (Å²) in [4.78, 5) is 0. The summed E-state index contributed by atoms with van der Waals surface area (Å²) >= 11 is 5.83. The van der Waals surface area contributed by atoms with Gasteiger partial charge in [-0.3, -0.25) is 5.84 Å². The highest BCUT2D eigenvalue weighted by Gasteiger charge is 2.18. The third-order valence-electron chi connectivity index (χ3n) is 3.20. The van der Waals surface area contributed by atoms with Crippen molar-refractivity contribution >= 4 is 11.6 Å². The Kier molecular flexibility index (Phi) is 5.01. The maximum atomic E-state index is 13.3. The number of hydrazine groups is 1. The Morgan fingerprint density at radius 1 is 1.14 bits per heavy atom. The number of hydrogen-bond donors (Lipinski definition) is 2. The quantitative estimate of drug-likeness (QED) is 0.658. The van der Waals surface area contributed by atoms with E-state index in [4.69, 9.17) is 26.9 Å². The van der Waals surface area contributed by atoms with Crippen molar-refractivity contribution in [1.82, 2.24) is 5.43 Å². The molecule has 3 N–H and O–H groups in total. The molecule has 6 heteroatoms. The van der Waals surface area contributed by atoms with Gasteiger partial charge in [-0.1, -0.05) is 17.7 Å². The Morgan fingerprint density at radius 2 is 1.90 bits per heavy atom. The fourth-order valence-corrected chi connectivity index (χ4v) is 2.30. The standard InChI is InChI=1S/C15H16ClFN2O2/c1-20-10-4-5-11(14(8-10)21-2)15(19-18)9-3-6-13(17)12(16)7-9/h3-8,15,19H,18H2,1-2H3. The zero-order valence-electron chi connectivity index (χ0n) is 11.7. The van der Waals surface area contributed by atoms with Gasteiger partial charge in [-0.2, -0.15) is 0 Å². The van der Waals surface area contributed by atoms with Crippen LogP contribution in [0.15, 0.2) is 36.4 Å². The summed E-state index contributed by atoms with van der Waals surface area (Å²) in [5.74, 6) is 6.45. The number of methoxy groups -OCH3 is 2. The maximum absolute atomic E-state index is 13.3. The highest BCUT2D eigenvalue weighted by molar-refractivity contribution is 6.30.